The van der Waals surface area contributed by atoms with Gasteiger partial charge in [0.1, 0.15) is 0 Å². The van der Waals surface area contributed by atoms with Crippen molar-refractivity contribution in [2.75, 3.05) is 5.32 Å². The highest BCUT2D eigenvalue weighted by atomic mass is 35.6. The van der Waals surface area contributed by atoms with Crippen LogP contribution >= 0.6 is 34.8 Å². The molecule has 0 aliphatic carbocycles. The number of amides is 1. The zero-order chi connectivity index (χ0) is 12.5. The van der Waals surface area contributed by atoms with Gasteiger partial charge in [-0.05, 0) is 32.4 Å². The van der Waals surface area contributed by atoms with E-state index in [1.165, 1.54) is 0 Å². The molecule has 0 aliphatic heterocycles. The van der Waals surface area contributed by atoms with Gasteiger partial charge in [0.05, 0.1) is 11.4 Å². The lowest BCUT2D eigenvalue weighted by molar-refractivity contribution is -0.115. The van der Waals surface area contributed by atoms with Crippen molar-refractivity contribution in [3.63, 3.8) is 0 Å². The van der Waals surface area contributed by atoms with Crippen LogP contribution in [0.25, 0.3) is 0 Å². The zero-order valence-electron chi connectivity index (χ0n) is 9.07. The monoisotopic (exact) mass is 280 g/mol. The second kappa shape index (κ2) is 4.78. The van der Waals surface area contributed by atoms with Crippen LogP contribution in [0.4, 0.5) is 5.69 Å². The molecule has 0 fully saturated rings. The van der Waals surface area contributed by atoms with Gasteiger partial charge in [0.25, 0.3) is 9.70 Å². The Bertz CT molecular complexity index is 404. The first-order chi connectivity index (χ1) is 7.21. The van der Waals surface area contributed by atoms with Crippen LogP contribution in [0.5, 0.6) is 0 Å². The Morgan fingerprint density at radius 2 is 1.88 bits per heavy atom. The molecule has 0 unspecified atom stereocenters. The molecule has 0 spiro atoms. The van der Waals surface area contributed by atoms with Crippen LogP contribution in [0.1, 0.15) is 17.0 Å². The maximum atomic E-state index is 11.5. The Kier molecular flexibility index (Phi) is 4.05. The van der Waals surface area contributed by atoms with Crippen molar-refractivity contribution in [1.82, 2.24) is 4.98 Å². The molecule has 0 saturated carbocycles. The van der Waals surface area contributed by atoms with E-state index in [-0.39, 0.29) is 0 Å². The molecule has 1 aromatic rings. The fourth-order valence-electron chi connectivity index (χ4n) is 1.40. The van der Waals surface area contributed by atoms with Crippen LogP contribution < -0.4 is 5.32 Å². The van der Waals surface area contributed by atoms with Crippen LogP contribution in [0, 0.1) is 20.8 Å². The number of carbonyl (C=O) groups is 1. The molecule has 0 bridgehead atoms. The molecule has 1 heterocycles. The van der Waals surface area contributed by atoms with Crippen molar-refractivity contribution in [1.29, 1.82) is 0 Å². The van der Waals surface area contributed by atoms with Crippen LogP contribution in [0.15, 0.2) is 6.07 Å². The van der Waals surface area contributed by atoms with E-state index in [0.717, 1.165) is 11.3 Å². The van der Waals surface area contributed by atoms with Gasteiger partial charge in [-0.25, -0.2) is 0 Å². The number of aromatic nitrogens is 1. The minimum Gasteiger partial charge on any atom is -0.321 e. The second-order valence-corrected chi connectivity index (χ2v) is 5.77. The van der Waals surface area contributed by atoms with Crippen molar-refractivity contribution in [2.24, 2.45) is 0 Å². The number of hydrogen-bond donors (Lipinski definition) is 1. The quantitative estimate of drug-likeness (QED) is 0.802. The predicted molar refractivity (Wildman–Crippen MR) is 67.4 cm³/mol. The average Bonchev–Trinajstić information content (AvgIpc) is 2.08. The first-order valence-corrected chi connectivity index (χ1v) is 5.68. The highest BCUT2D eigenvalue weighted by molar-refractivity contribution is 6.76. The minimum atomic E-state index is -1.97. The van der Waals surface area contributed by atoms with E-state index in [9.17, 15) is 4.79 Å². The van der Waals surface area contributed by atoms with Gasteiger partial charge in [-0.3, -0.25) is 9.78 Å². The average molecular weight is 282 g/mol. The first-order valence-electron chi connectivity index (χ1n) is 4.55. The summed E-state index contributed by atoms with van der Waals surface area (Å²) in [5.41, 5.74) is 3.04. The molecular formula is C10H11Cl3N2O. The maximum absolute atomic E-state index is 11.5. The molecule has 6 heteroatoms. The molecule has 16 heavy (non-hydrogen) atoms. The molecule has 0 radical (unpaired) electrons. The topological polar surface area (TPSA) is 42.0 Å². The number of nitrogens with zero attached hydrogens (tertiary/aromatic N) is 1. The number of alkyl halides is 3. The highest BCUT2D eigenvalue weighted by Crippen LogP contribution is 2.29. The summed E-state index contributed by atoms with van der Waals surface area (Å²) in [6.07, 6.45) is 0. The number of rotatable bonds is 1. The van der Waals surface area contributed by atoms with Crippen molar-refractivity contribution in [3.05, 3.63) is 23.0 Å². The minimum absolute atomic E-state index is 0.585. The van der Waals surface area contributed by atoms with Gasteiger partial charge in [0, 0.05) is 5.69 Å². The number of carbonyl (C=O) groups excluding carboxylic acids is 1. The third-order valence-corrected chi connectivity index (χ3v) is 2.54. The maximum Gasteiger partial charge on any atom is 0.276 e. The standard InChI is InChI=1S/C10H11Cl3N2O/c1-5-4-6(2)14-7(3)8(5)15-9(16)10(11,12)13/h4H,1-3H3,(H,15,16). The zero-order valence-corrected chi connectivity index (χ0v) is 11.3. The Morgan fingerprint density at radius 3 is 2.31 bits per heavy atom. The predicted octanol–water partition coefficient (Wildman–Crippen LogP) is 3.32. The normalized spacial score (nSPS) is 11.4. The van der Waals surface area contributed by atoms with E-state index in [4.69, 9.17) is 34.8 Å². The van der Waals surface area contributed by atoms with Crippen molar-refractivity contribution in [2.45, 2.75) is 24.6 Å². The van der Waals surface area contributed by atoms with E-state index in [0.29, 0.717) is 11.4 Å². The molecule has 1 rings (SSSR count). The Balaban J connectivity index is 3.03. The second-order valence-electron chi connectivity index (χ2n) is 3.49. The summed E-state index contributed by atoms with van der Waals surface area (Å²) in [5, 5.41) is 2.55. The summed E-state index contributed by atoms with van der Waals surface area (Å²) < 4.78 is -1.97. The fraction of sp³-hybridized carbons (Fsp3) is 0.400. The van der Waals surface area contributed by atoms with E-state index in [1.54, 1.807) is 6.92 Å². The third-order valence-electron chi connectivity index (χ3n) is 2.02. The summed E-state index contributed by atoms with van der Waals surface area (Å²) in [7, 11) is 0. The first kappa shape index (κ1) is 13.6. The number of nitrogens with one attached hydrogen (secondary N) is 1. The third kappa shape index (κ3) is 3.24. The molecule has 0 aromatic carbocycles. The molecule has 0 aliphatic rings. The molecule has 88 valence electrons. The fourth-order valence-corrected chi connectivity index (χ4v) is 1.54. The molecule has 3 nitrogen and oxygen atoms in total. The van der Waals surface area contributed by atoms with E-state index in [2.05, 4.69) is 10.3 Å². The van der Waals surface area contributed by atoms with E-state index < -0.39 is 9.70 Å². The van der Waals surface area contributed by atoms with Gasteiger partial charge in [-0.1, -0.05) is 34.8 Å². The molecule has 0 atom stereocenters. The summed E-state index contributed by atoms with van der Waals surface area (Å²) in [4.78, 5) is 15.7. The summed E-state index contributed by atoms with van der Waals surface area (Å²) in [6, 6.07) is 1.85. The lowest BCUT2D eigenvalue weighted by Crippen LogP contribution is -2.27. The number of hydrogen-bond acceptors (Lipinski definition) is 2. The lowest BCUT2D eigenvalue weighted by Gasteiger charge is -2.15. The molecule has 1 amide bonds. The Labute approximate surface area is 109 Å². The SMILES string of the molecule is Cc1cc(C)c(NC(=O)C(Cl)(Cl)Cl)c(C)n1. The van der Waals surface area contributed by atoms with Crippen molar-refractivity contribution in [3.8, 4) is 0 Å². The summed E-state index contributed by atoms with van der Waals surface area (Å²) in [6.45, 7) is 5.52. The molecule has 1 aromatic heterocycles. The van der Waals surface area contributed by atoms with Crippen molar-refractivity contribution < 1.29 is 4.79 Å². The Morgan fingerprint density at radius 1 is 1.31 bits per heavy atom. The van der Waals surface area contributed by atoms with Crippen LogP contribution in [-0.4, -0.2) is 14.7 Å². The largest absolute Gasteiger partial charge is 0.321 e. The molecule has 0 saturated heterocycles. The van der Waals surface area contributed by atoms with Gasteiger partial charge < -0.3 is 5.32 Å². The summed E-state index contributed by atoms with van der Waals surface area (Å²) >= 11 is 16.4. The van der Waals surface area contributed by atoms with Gasteiger partial charge in [0.15, 0.2) is 0 Å². The van der Waals surface area contributed by atoms with Crippen LogP contribution in [0.2, 0.25) is 0 Å². The lowest BCUT2D eigenvalue weighted by atomic mass is 10.1. The van der Waals surface area contributed by atoms with Gasteiger partial charge in [0.2, 0.25) is 0 Å². The number of halogens is 3. The number of pyridine rings is 1. The van der Waals surface area contributed by atoms with Gasteiger partial charge in [-0.15, -0.1) is 0 Å². The van der Waals surface area contributed by atoms with Crippen LogP contribution in [0.3, 0.4) is 0 Å². The number of aryl methyl sites for hydroxylation is 3. The smallest absolute Gasteiger partial charge is 0.276 e. The molecule has 1 N–H and O–H groups in total. The van der Waals surface area contributed by atoms with E-state index >= 15 is 0 Å². The van der Waals surface area contributed by atoms with Gasteiger partial charge >= 0.3 is 0 Å². The molecular weight excluding hydrogens is 270 g/mol. The van der Waals surface area contributed by atoms with Crippen molar-refractivity contribution >= 4 is 46.4 Å². The highest BCUT2D eigenvalue weighted by Gasteiger charge is 2.31. The van der Waals surface area contributed by atoms with Gasteiger partial charge in [-0.2, -0.15) is 0 Å². The Hall–Kier alpha value is -0.510. The number of anilines is 1. The summed E-state index contributed by atoms with van der Waals surface area (Å²) in [5.74, 6) is -0.686. The van der Waals surface area contributed by atoms with Crippen LogP contribution in [-0.2, 0) is 4.79 Å². The van der Waals surface area contributed by atoms with E-state index in [1.807, 2.05) is 19.9 Å².